The molecule has 2 rings (SSSR count). The molecule has 2 heteroatoms. The van der Waals surface area contributed by atoms with Crippen molar-refractivity contribution in [3.63, 3.8) is 0 Å². The van der Waals surface area contributed by atoms with Gasteiger partial charge < -0.3 is 10.5 Å². The van der Waals surface area contributed by atoms with Crippen LogP contribution in [0.2, 0.25) is 0 Å². The van der Waals surface area contributed by atoms with Gasteiger partial charge in [-0.15, -0.1) is 0 Å². The fraction of sp³-hybridized carbons (Fsp3) is 1.00. The van der Waals surface area contributed by atoms with Gasteiger partial charge in [-0.2, -0.15) is 0 Å². The normalized spacial score (nSPS) is 45.8. The molecule has 0 spiro atoms. The maximum atomic E-state index is 6.00. The molecule has 0 aromatic rings. The molecule has 0 aromatic heterocycles. The molecule has 70 valence electrons. The van der Waals surface area contributed by atoms with Crippen LogP contribution in [0.25, 0.3) is 0 Å². The highest BCUT2D eigenvalue weighted by Crippen LogP contribution is 2.54. The van der Waals surface area contributed by atoms with Crippen molar-refractivity contribution < 1.29 is 4.74 Å². The second kappa shape index (κ2) is 2.71. The first-order valence-electron chi connectivity index (χ1n) is 5.01. The van der Waals surface area contributed by atoms with E-state index in [-0.39, 0.29) is 0 Å². The lowest BCUT2D eigenvalue weighted by atomic mass is 10.00. The first-order valence-corrected chi connectivity index (χ1v) is 5.01. The van der Waals surface area contributed by atoms with Crippen LogP contribution in [-0.2, 0) is 4.74 Å². The van der Waals surface area contributed by atoms with Crippen molar-refractivity contribution in [2.75, 3.05) is 6.61 Å². The maximum Gasteiger partial charge on any atom is 0.0624 e. The Morgan fingerprint density at radius 1 is 1.33 bits per heavy atom. The Balaban J connectivity index is 1.93. The first-order chi connectivity index (χ1) is 5.64. The summed E-state index contributed by atoms with van der Waals surface area (Å²) in [5.41, 5.74) is 6.33. The number of nitrogens with two attached hydrogens (primary N) is 1. The number of hydrogen-bond donors (Lipinski definition) is 1. The van der Waals surface area contributed by atoms with Crippen LogP contribution >= 0.6 is 0 Å². The number of rotatable bonds is 1. The second-order valence-corrected chi connectivity index (χ2v) is 4.78. The van der Waals surface area contributed by atoms with Gasteiger partial charge in [-0.3, -0.25) is 0 Å². The lowest BCUT2D eigenvalue weighted by Crippen LogP contribution is -2.24. The fourth-order valence-corrected chi connectivity index (χ4v) is 2.48. The predicted octanol–water partition coefficient (Wildman–Crippen LogP) is 1.54. The third kappa shape index (κ3) is 1.17. The largest absolute Gasteiger partial charge is 0.378 e. The molecule has 1 aliphatic carbocycles. The van der Waals surface area contributed by atoms with Crippen molar-refractivity contribution in [1.82, 2.24) is 0 Å². The lowest BCUT2D eigenvalue weighted by Gasteiger charge is -2.23. The van der Waals surface area contributed by atoms with Crippen molar-refractivity contribution in [3.05, 3.63) is 0 Å². The van der Waals surface area contributed by atoms with Crippen LogP contribution in [-0.4, -0.2) is 18.8 Å². The summed E-state index contributed by atoms with van der Waals surface area (Å²) in [5, 5.41) is 0. The summed E-state index contributed by atoms with van der Waals surface area (Å²) in [6.45, 7) is 5.45. The quantitative estimate of drug-likeness (QED) is 0.646. The second-order valence-electron chi connectivity index (χ2n) is 4.78. The molecule has 3 unspecified atom stereocenters. The molecule has 2 nitrogen and oxygen atoms in total. The minimum atomic E-state index is 0.335. The zero-order valence-electron chi connectivity index (χ0n) is 8.05. The molecule has 1 aliphatic heterocycles. The molecule has 1 saturated carbocycles. The van der Waals surface area contributed by atoms with Gasteiger partial charge >= 0.3 is 0 Å². The summed E-state index contributed by atoms with van der Waals surface area (Å²) in [4.78, 5) is 0. The molecule has 0 bridgehead atoms. The third-order valence-electron chi connectivity index (χ3n) is 3.61. The van der Waals surface area contributed by atoms with Crippen molar-refractivity contribution in [2.45, 2.75) is 45.3 Å². The van der Waals surface area contributed by atoms with E-state index in [9.17, 15) is 0 Å². The maximum absolute atomic E-state index is 6.00. The van der Waals surface area contributed by atoms with Crippen LogP contribution < -0.4 is 5.73 Å². The van der Waals surface area contributed by atoms with Gasteiger partial charge in [0.2, 0.25) is 0 Å². The number of ether oxygens (including phenoxy) is 1. The molecule has 0 amide bonds. The van der Waals surface area contributed by atoms with E-state index in [4.69, 9.17) is 10.5 Å². The van der Waals surface area contributed by atoms with Crippen LogP contribution in [0.1, 0.15) is 33.1 Å². The Kier molecular flexibility index (Phi) is 1.92. The predicted molar refractivity (Wildman–Crippen MR) is 48.8 cm³/mol. The van der Waals surface area contributed by atoms with Gasteiger partial charge in [-0.1, -0.05) is 13.8 Å². The zero-order chi connectivity index (χ0) is 8.77. The molecule has 1 saturated heterocycles. The summed E-state index contributed by atoms with van der Waals surface area (Å²) in [5.74, 6) is 0.623. The summed E-state index contributed by atoms with van der Waals surface area (Å²) in [6.07, 6.45) is 4.24. The Morgan fingerprint density at radius 2 is 2.00 bits per heavy atom. The van der Waals surface area contributed by atoms with E-state index in [1.807, 2.05) is 0 Å². The van der Waals surface area contributed by atoms with E-state index in [0.29, 0.717) is 23.5 Å². The van der Waals surface area contributed by atoms with Crippen LogP contribution in [0, 0.1) is 11.3 Å². The molecular weight excluding hydrogens is 150 g/mol. The Morgan fingerprint density at radius 3 is 2.42 bits per heavy atom. The van der Waals surface area contributed by atoms with Gasteiger partial charge in [-0.05, 0) is 24.7 Å². The molecule has 12 heavy (non-hydrogen) atoms. The summed E-state index contributed by atoms with van der Waals surface area (Å²) in [7, 11) is 0. The van der Waals surface area contributed by atoms with Crippen molar-refractivity contribution in [2.24, 2.45) is 17.1 Å². The smallest absolute Gasteiger partial charge is 0.0624 e. The monoisotopic (exact) mass is 169 g/mol. The topological polar surface area (TPSA) is 35.2 Å². The molecule has 2 N–H and O–H groups in total. The molecular formula is C10H19NO. The van der Waals surface area contributed by atoms with E-state index in [1.54, 1.807) is 0 Å². The zero-order valence-corrected chi connectivity index (χ0v) is 8.05. The molecule has 1 heterocycles. The molecule has 0 aromatic carbocycles. The van der Waals surface area contributed by atoms with Crippen LogP contribution in [0.3, 0.4) is 0 Å². The molecule has 2 fully saturated rings. The van der Waals surface area contributed by atoms with Crippen molar-refractivity contribution >= 4 is 0 Å². The summed E-state index contributed by atoms with van der Waals surface area (Å²) >= 11 is 0. The third-order valence-corrected chi connectivity index (χ3v) is 3.61. The average molecular weight is 169 g/mol. The SMILES string of the molecule is CC1(C)C(N)C1C1CCCCO1. The minimum Gasteiger partial charge on any atom is -0.378 e. The van der Waals surface area contributed by atoms with Crippen LogP contribution in [0.4, 0.5) is 0 Å². The van der Waals surface area contributed by atoms with E-state index in [2.05, 4.69) is 13.8 Å². The van der Waals surface area contributed by atoms with Crippen molar-refractivity contribution in [3.8, 4) is 0 Å². The summed E-state index contributed by atoms with van der Waals surface area (Å²) < 4.78 is 5.73. The number of hydrogen-bond acceptors (Lipinski definition) is 2. The van der Waals surface area contributed by atoms with E-state index in [1.165, 1.54) is 19.3 Å². The Hall–Kier alpha value is -0.0800. The van der Waals surface area contributed by atoms with Gasteiger partial charge in [0, 0.05) is 18.6 Å². The molecule has 3 atom stereocenters. The highest BCUT2D eigenvalue weighted by atomic mass is 16.5. The van der Waals surface area contributed by atoms with Gasteiger partial charge in [0.15, 0.2) is 0 Å². The first kappa shape index (κ1) is 8.52. The van der Waals surface area contributed by atoms with E-state index >= 15 is 0 Å². The summed E-state index contributed by atoms with van der Waals surface area (Å²) in [6, 6.07) is 0.376. The van der Waals surface area contributed by atoms with Gasteiger partial charge in [-0.25, -0.2) is 0 Å². The van der Waals surface area contributed by atoms with Gasteiger partial charge in [0.05, 0.1) is 6.10 Å². The van der Waals surface area contributed by atoms with Gasteiger partial charge in [0.1, 0.15) is 0 Å². The standard InChI is InChI=1S/C10H19NO/c1-10(2)8(9(10)11)7-5-3-4-6-12-7/h7-9H,3-6,11H2,1-2H3. The highest BCUT2D eigenvalue weighted by molar-refractivity contribution is 5.12. The van der Waals surface area contributed by atoms with E-state index in [0.717, 1.165) is 6.61 Å². The molecule has 0 radical (unpaired) electrons. The van der Waals surface area contributed by atoms with E-state index < -0.39 is 0 Å². The van der Waals surface area contributed by atoms with Crippen LogP contribution in [0.5, 0.6) is 0 Å². The van der Waals surface area contributed by atoms with Crippen molar-refractivity contribution in [1.29, 1.82) is 0 Å². The Labute approximate surface area is 74.5 Å². The average Bonchev–Trinajstić information content (AvgIpc) is 2.53. The Bertz CT molecular complexity index is 173. The lowest BCUT2D eigenvalue weighted by molar-refractivity contribution is -0.00496. The minimum absolute atomic E-state index is 0.335. The fourth-order valence-electron chi connectivity index (χ4n) is 2.48. The van der Waals surface area contributed by atoms with Gasteiger partial charge in [0.25, 0.3) is 0 Å². The molecule has 2 aliphatic rings. The van der Waals surface area contributed by atoms with Crippen LogP contribution in [0.15, 0.2) is 0 Å². The highest BCUT2D eigenvalue weighted by Gasteiger charge is 2.59.